The highest BCUT2D eigenvalue weighted by molar-refractivity contribution is 5.59. The molecule has 0 amide bonds. The first-order valence-electron chi connectivity index (χ1n) is 5.34. The molecular formula is C11H13N6O. The average molecular weight is 245 g/mol. The van der Waals surface area contributed by atoms with Gasteiger partial charge in [-0.3, -0.25) is 4.79 Å². The van der Waals surface area contributed by atoms with E-state index in [4.69, 9.17) is 11.5 Å². The summed E-state index contributed by atoms with van der Waals surface area (Å²) >= 11 is 0. The number of aromatic nitrogens is 3. The van der Waals surface area contributed by atoms with Crippen LogP contribution >= 0.6 is 0 Å². The molecule has 1 heterocycles. The van der Waals surface area contributed by atoms with Crippen LogP contribution in [-0.2, 0) is 11.2 Å². The van der Waals surface area contributed by atoms with Gasteiger partial charge in [-0.05, 0) is 24.1 Å². The van der Waals surface area contributed by atoms with Gasteiger partial charge in [-0.25, -0.2) is 5.10 Å². The molecule has 0 saturated heterocycles. The van der Waals surface area contributed by atoms with Crippen LogP contribution in [0.1, 0.15) is 5.56 Å². The number of benzene rings is 1. The van der Waals surface area contributed by atoms with Crippen molar-refractivity contribution in [2.75, 3.05) is 11.1 Å². The van der Waals surface area contributed by atoms with Crippen molar-refractivity contribution in [2.24, 2.45) is 5.73 Å². The Morgan fingerprint density at radius 1 is 1.39 bits per heavy atom. The summed E-state index contributed by atoms with van der Waals surface area (Å²) in [6.45, 7) is 0. The van der Waals surface area contributed by atoms with Gasteiger partial charge in [-0.15, -0.1) is 5.10 Å². The molecule has 18 heavy (non-hydrogen) atoms. The lowest BCUT2D eigenvalue weighted by molar-refractivity contribution is 0.541. The van der Waals surface area contributed by atoms with E-state index in [1.807, 2.05) is 24.3 Å². The minimum absolute atomic E-state index is 0.182. The summed E-state index contributed by atoms with van der Waals surface area (Å²) in [5.41, 5.74) is 12.7. The summed E-state index contributed by atoms with van der Waals surface area (Å²) < 4.78 is 0. The largest absolute Gasteiger partial charge is 0.366 e. The molecule has 2 aromatic rings. The quantitative estimate of drug-likeness (QED) is 0.593. The van der Waals surface area contributed by atoms with E-state index in [0.29, 0.717) is 12.4 Å². The van der Waals surface area contributed by atoms with Gasteiger partial charge in [0.05, 0.1) is 6.04 Å². The molecule has 0 aliphatic heterocycles. The van der Waals surface area contributed by atoms with Crippen molar-refractivity contribution < 1.29 is 4.79 Å². The van der Waals surface area contributed by atoms with Crippen molar-refractivity contribution in [3.63, 3.8) is 0 Å². The minimum atomic E-state index is -0.585. The van der Waals surface area contributed by atoms with Crippen LogP contribution in [0.15, 0.2) is 24.3 Å². The number of H-pyrrole nitrogens is 1. The SMILES string of the molecule is Nc1n[nH]c(Nc2ccc(C[C@H](N)[C]=O)cc2)n1. The number of hydrogen-bond donors (Lipinski definition) is 4. The highest BCUT2D eigenvalue weighted by Crippen LogP contribution is 2.14. The molecule has 0 unspecified atom stereocenters. The Labute approximate surface area is 104 Å². The van der Waals surface area contributed by atoms with Crippen molar-refractivity contribution >= 4 is 23.9 Å². The first-order valence-corrected chi connectivity index (χ1v) is 5.34. The topological polar surface area (TPSA) is 123 Å². The van der Waals surface area contributed by atoms with Gasteiger partial charge in [0.1, 0.15) is 0 Å². The third-order valence-corrected chi connectivity index (χ3v) is 2.33. The zero-order valence-electron chi connectivity index (χ0n) is 9.55. The minimum Gasteiger partial charge on any atom is -0.366 e. The molecule has 0 aliphatic rings. The first kappa shape index (κ1) is 12.1. The number of nitrogen functional groups attached to an aromatic ring is 1. The Morgan fingerprint density at radius 2 is 2.11 bits per heavy atom. The number of anilines is 3. The molecule has 2 rings (SSSR count). The van der Waals surface area contributed by atoms with Gasteiger partial charge in [0.2, 0.25) is 18.2 Å². The number of nitrogens with zero attached hydrogens (tertiary/aromatic N) is 2. The zero-order valence-corrected chi connectivity index (χ0v) is 9.55. The highest BCUT2D eigenvalue weighted by Gasteiger charge is 2.04. The Hall–Kier alpha value is -2.41. The maximum Gasteiger partial charge on any atom is 0.241 e. The molecule has 93 valence electrons. The van der Waals surface area contributed by atoms with Crippen LogP contribution < -0.4 is 16.8 Å². The lowest BCUT2D eigenvalue weighted by Crippen LogP contribution is -2.23. The van der Waals surface area contributed by atoms with Gasteiger partial charge < -0.3 is 16.8 Å². The maximum atomic E-state index is 10.3. The van der Waals surface area contributed by atoms with Crippen molar-refractivity contribution in [2.45, 2.75) is 12.5 Å². The summed E-state index contributed by atoms with van der Waals surface area (Å²) in [7, 11) is 0. The van der Waals surface area contributed by atoms with E-state index in [2.05, 4.69) is 20.5 Å². The van der Waals surface area contributed by atoms with Crippen molar-refractivity contribution in [1.82, 2.24) is 15.2 Å². The van der Waals surface area contributed by atoms with Crippen molar-refractivity contribution in [3.8, 4) is 0 Å². The molecule has 0 bridgehead atoms. The van der Waals surface area contributed by atoms with Crippen molar-refractivity contribution in [1.29, 1.82) is 0 Å². The molecule has 7 nitrogen and oxygen atoms in total. The molecule has 6 N–H and O–H groups in total. The molecule has 1 radical (unpaired) electrons. The normalized spacial score (nSPS) is 12.1. The number of hydrogen-bond acceptors (Lipinski definition) is 6. The number of aromatic amines is 1. The summed E-state index contributed by atoms with van der Waals surface area (Å²) in [5, 5.41) is 9.34. The fourth-order valence-electron chi connectivity index (χ4n) is 1.49. The number of nitrogens with one attached hydrogen (secondary N) is 2. The second kappa shape index (κ2) is 5.28. The maximum absolute atomic E-state index is 10.3. The molecule has 1 aromatic carbocycles. The van der Waals surface area contributed by atoms with Crippen molar-refractivity contribution in [3.05, 3.63) is 29.8 Å². The lowest BCUT2D eigenvalue weighted by Gasteiger charge is -2.06. The van der Waals surface area contributed by atoms with E-state index in [1.54, 1.807) is 6.29 Å². The predicted octanol–water partition coefficient (Wildman–Crippen LogP) is 0.110. The van der Waals surface area contributed by atoms with Gasteiger partial charge in [0.25, 0.3) is 0 Å². The van der Waals surface area contributed by atoms with Gasteiger partial charge in [-0.1, -0.05) is 12.1 Å². The van der Waals surface area contributed by atoms with Crippen LogP contribution in [0.4, 0.5) is 17.6 Å². The number of nitrogens with two attached hydrogens (primary N) is 2. The van der Waals surface area contributed by atoms with E-state index in [9.17, 15) is 4.79 Å². The second-order valence-electron chi connectivity index (χ2n) is 3.79. The fraction of sp³-hybridized carbons (Fsp3) is 0.182. The summed E-state index contributed by atoms with van der Waals surface area (Å²) in [6.07, 6.45) is 2.22. The van der Waals surface area contributed by atoms with Crippen LogP contribution in [0.2, 0.25) is 0 Å². The van der Waals surface area contributed by atoms with E-state index in [0.717, 1.165) is 11.3 Å². The zero-order chi connectivity index (χ0) is 13.0. The van der Waals surface area contributed by atoms with E-state index in [1.165, 1.54) is 0 Å². The molecular weight excluding hydrogens is 232 g/mol. The Balaban J connectivity index is 2.01. The standard InChI is InChI=1S/C11H13N6O/c12-8(6-18)5-7-1-3-9(4-2-7)14-11-15-10(13)16-17-11/h1-4,8H,5,12H2,(H4,13,14,15,16,17)/t8-/m0/s1. The van der Waals surface area contributed by atoms with E-state index < -0.39 is 6.04 Å². The second-order valence-corrected chi connectivity index (χ2v) is 3.79. The Bertz CT molecular complexity index is 521. The van der Waals surface area contributed by atoms with Gasteiger partial charge in [0, 0.05) is 5.69 Å². The molecule has 1 atom stereocenters. The van der Waals surface area contributed by atoms with E-state index >= 15 is 0 Å². The molecule has 0 fully saturated rings. The molecule has 0 spiro atoms. The summed E-state index contributed by atoms with van der Waals surface area (Å²) in [5.74, 6) is 0.653. The monoisotopic (exact) mass is 245 g/mol. The van der Waals surface area contributed by atoms with Crippen LogP contribution in [0, 0.1) is 0 Å². The fourth-order valence-corrected chi connectivity index (χ4v) is 1.49. The van der Waals surface area contributed by atoms with Crippen LogP contribution in [0.25, 0.3) is 0 Å². The third-order valence-electron chi connectivity index (χ3n) is 2.33. The average Bonchev–Trinajstić information content (AvgIpc) is 2.77. The number of rotatable bonds is 5. The highest BCUT2D eigenvalue weighted by atomic mass is 16.1. The third kappa shape index (κ3) is 3.05. The van der Waals surface area contributed by atoms with Gasteiger partial charge in [0.15, 0.2) is 0 Å². The smallest absolute Gasteiger partial charge is 0.241 e. The summed E-state index contributed by atoms with van der Waals surface area (Å²) in [6, 6.07) is 6.87. The first-order chi connectivity index (χ1) is 8.67. The van der Waals surface area contributed by atoms with Gasteiger partial charge >= 0.3 is 0 Å². The molecule has 0 aliphatic carbocycles. The van der Waals surface area contributed by atoms with Crippen LogP contribution in [0.5, 0.6) is 0 Å². The van der Waals surface area contributed by atoms with E-state index in [-0.39, 0.29) is 5.95 Å². The summed E-state index contributed by atoms with van der Waals surface area (Å²) in [4.78, 5) is 14.2. The Kier molecular flexibility index (Phi) is 3.54. The molecule has 7 heteroatoms. The predicted molar refractivity (Wildman–Crippen MR) is 67.9 cm³/mol. The number of carbonyl (C=O) groups excluding carboxylic acids is 1. The lowest BCUT2D eigenvalue weighted by atomic mass is 10.1. The molecule has 0 saturated carbocycles. The Morgan fingerprint density at radius 3 is 2.67 bits per heavy atom. The molecule has 1 aromatic heterocycles. The van der Waals surface area contributed by atoms with Crippen LogP contribution in [-0.4, -0.2) is 27.5 Å². The van der Waals surface area contributed by atoms with Crippen LogP contribution in [0.3, 0.4) is 0 Å². The van der Waals surface area contributed by atoms with Gasteiger partial charge in [-0.2, -0.15) is 4.98 Å².